The minimum atomic E-state index is -0.299. The van der Waals surface area contributed by atoms with E-state index in [0.717, 1.165) is 24.8 Å². The number of carbonyl (C=O) groups excluding carboxylic acids is 1. The van der Waals surface area contributed by atoms with Crippen molar-refractivity contribution in [1.29, 1.82) is 5.26 Å². The van der Waals surface area contributed by atoms with Crippen LogP contribution in [0.3, 0.4) is 0 Å². The molecule has 0 aromatic heterocycles. The summed E-state index contributed by atoms with van der Waals surface area (Å²) >= 11 is 0. The number of methoxy groups -OCH3 is 1. The summed E-state index contributed by atoms with van der Waals surface area (Å²) in [4.78, 5) is 12.3. The van der Waals surface area contributed by atoms with Crippen LogP contribution in [-0.4, -0.2) is 19.1 Å². The predicted molar refractivity (Wildman–Crippen MR) is 86.1 cm³/mol. The first-order valence-electron chi connectivity index (χ1n) is 7.71. The predicted octanol–water partition coefficient (Wildman–Crippen LogP) is 3.30. The van der Waals surface area contributed by atoms with Gasteiger partial charge in [-0.1, -0.05) is 38.0 Å². The molecule has 0 heterocycles. The first-order valence-corrected chi connectivity index (χ1v) is 7.71. The van der Waals surface area contributed by atoms with Crippen LogP contribution in [0, 0.1) is 17.2 Å². The number of para-hydroxylation sites is 1. The summed E-state index contributed by atoms with van der Waals surface area (Å²) in [7, 11) is 1.57. The molecule has 22 heavy (non-hydrogen) atoms. The van der Waals surface area contributed by atoms with Gasteiger partial charge in [-0.2, -0.15) is 5.26 Å². The van der Waals surface area contributed by atoms with Crippen molar-refractivity contribution in [2.24, 2.45) is 5.92 Å². The lowest BCUT2D eigenvalue weighted by Gasteiger charge is -2.29. The molecule has 0 aliphatic heterocycles. The Morgan fingerprint density at radius 1 is 1.36 bits per heavy atom. The number of ether oxygens (including phenoxy) is 1. The maximum Gasteiger partial charge on any atom is 0.262 e. The van der Waals surface area contributed by atoms with Gasteiger partial charge in [-0.15, -0.1) is 0 Å². The van der Waals surface area contributed by atoms with Crippen molar-refractivity contribution in [3.63, 3.8) is 0 Å². The van der Waals surface area contributed by atoms with Gasteiger partial charge in [0.1, 0.15) is 17.4 Å². The number of nitrogens with one attached hydrogen (secondary N) is 1. The second-order valence-electron chi connectivity index (χ2n) is 5.75. The fraction of sp³-hybridized carbons (Fsp3) is 0.444. The molecule has 1 fully saturated rings. The molecule has 0 radical (unpaired) electrons. The van der Waals surface area contributed by atoms with Crippen molar-refractivity contribution in [3.8, 4) is 11.8 Å². The van der Waals surface area contributed by atoms with Gasteiger partial charge < -0.3 is 10.1 Å². The fourth-order valence-electron chi connectivity index (χ4n) is 2.87. The van der Waals surface area contributed by atoms with Gasteiger partial charge in [0.2, 0.25) is 0 Å². The molecule has 1 aromatic rings. The fourth-order valence-corrected chi connectivity index (χ4v) is 2.87. The van der Waals surface area contributed by atoms with Gasteiger partial charge in [0.05, 0.1) is 7.11 Å². The van der Waals surface area contributed by atoms with E-state index in [4.69, 9.17) is 4.74 Å². The third-order valence-electron chi connectivity index (χ3n) is 4.23. The smallest absolute Gasteiger partial charge is 0.262 e. The summed E-state index contributed by atoms with van der Waals surface area (Å²) in [6.45, 7) is 2.15. The standard InChI is InChI=1S/C18H22N2O2/c1-13-7-3-5-9-16(13)20-18(21)15(12-19)11-14-8-4-6-10-17(14)22-2/h4,6,8,10-11,13,16H,3,5,7,9H2,1-2H3,(H,20,21)/b15-11+/t13-,16-/m0/s1. The van der Waals surface area contributed by atoms with Crippen LogP contribution in [0.5, 0.6) is 5.75 Å². The third kappa shape index (κ3) is 3.88. The van der Waals surface area contributed by atoms with E-state index in [-0.39, 0.29) is 17.5 Å². The second-order valence-corrected chi connectivity index (χ2v) is 5.75. The van der Waals surface area contributed by atoms with Crippen molar-refractivity contribution in [3.05, 3.63) is 35.4 Å². The molecule has 1 amide bonds. The molecule has 0 bridgehead atoms. The zero-order valence-electron chi connectivity index (χ0n) is 13.1. The first kappa shape index (κ1) is 16.1. The van der Waals surface area contributed by atoms with Crippen LogP contribution in [0.25, 0.3) is 6.08 Å². The lowest BCUT2D eigenvalue weighted by atomic mass is 9.86. The van der Waals surface area contributed by atoms with E-state index in [9.17, 15) is 10.1 Å². The molecule has 2 atom stereocenters. The monoisotopic (exact) mass is 298 g/mol. The summed E-state index contributed by atoms with van der Waals surface area (Å²) in [6.07, 6.45) is 6.05. The molecule has 116 valence electrons. The Bertz CT molecular complexity index is 601. The molecule has 1 N–H and O–H groups in total. The minimum Gasteiger partial charge on any atom is -0.496 e. The molecule has 2 rings (SSSR count). The SMILES string of the molecule is COc1ccccc1/C=C(\C#N)C(=O)N[C@H]1CCCC[C@@H]1C. The lowest BCUT2D eigenvalue weighted by molar-refractivity contribution is -0.118. The van der Waals surface area contributed by atoms with E-state index < -0.39 is 0 Å². The molecule has 1 aliphatic carbocycles. The number of amides is 1. The Balaban J connectivity index is 2.15. The van der Waals surface area contributed by atoms with Crippen LogP contribution in [0.2, 0.25) is 0 Å². The molecule has 1 saturated carbocycles. The number of nitriles is 1. The average Bonchev–Trinajstić information content (AvgIpc) is 2.55. The van der Waals surface area contributed by atoms with Gasteiger partial charge in [0.25, 0.3) is 5.91 Å². The van der Waals surface area contributed by atoms with Gasteiger partial charge in [0.15, 0.2) is 0 Å². The van der Waals surface area contributed by atoms with E-state index in [2.05, 4.69) is 12.2 Å². The van der Waals surface area contributed by atoms with Crippen molar-refractivity contribution < 1.29 is 9.53 Å². The second kappa shape index (κ2) is 7.65. The largest absolute Gasteiger partial charge is 0.496 e. The Kier molecular flexibility index (Phi) is 5.60. The van der Waals surface area contributed by atoms with Gasteiger partial charge in [0, 0.05) is 11.6 Å². The lowest BCUT2D eigenvalue weighted by Crippen LogP contribution is -2.41. The summed E-state index contributed by atoms with van der Waals surface area (Å²) < 4.78 is 5.25. The van der Waals surface area contributed by atoms with Crippen molar-refractivity contribution in [2.75, 3.05) is 7.11 Å². The third-order valence-corrected chi connectivity index (χ3v) is 4.23. The summed E-state index contributed by atoms with van der Waals surface area (Å²) in [5.74, 6) is 0.810. The van der Waals surface area contributed by atoms with E-state index >= 15 is 0 Å². The normalized spacial score (nSPS) is 21.8. The highest BCUT2D eigenvalue weighted by atomic mass is 16.5. The highest BCUT2D eigenvalue weighted by Gasteiger charge is 2.24. The van der Waals surface area contributed by atoms with Gasteiger partial charge >= 0.3 is 0 Å². The summed E-state index contributed by atoms with van der Waals surface area (Å²) in [5.41, 5.74) is 0.843. The molecule has 0 spiro atoms. The number of rotatable bonds is 4. The number of hydrogen-bond donors (Lipinski definition) is 1. The van der Waals surface area contributed by atoms with Crippen LogP contribution >= 0.6 is 0 Å². The molecule has 0 unspecified atom stereocenters. The van der Waals surface area contributed by atoms with Crippen molar-refractivity contribution in [2.45, 2.75) is 38.6 Å². The average molecular weight is 298 g/mol. The summed E-state index contributed by atoms with van der Waals surface area (Å²) in [6, 6.07) is 9.50. The molecular formula is C18H22N2O2. The van der Waals surface area contributed by atoms with Gasteiger partial charge in [-0.05, 0) is 30.9 Å². The van der Waals surface area contributed by atoms with Crippen LogP contribution in [0.4, 0.5) is 0 Å². The highest BCUT2D eigenvalue weighted by molar-refractivity contribution is 6.02. The van der Waals surface area contributed by atoms with Crippen molar-refractivity contribution in [1.82, 2.24) is 5.32 Å². The Morgan fingerprint density at radius 2 is 2.09 bits per heavy atom. The summed E-state index contributed by atoms with van der Waals surface area (Å²) in [5, 5.41) is 12.3. The van der Waals surface area contributed by atoms with E-state index in [1.165, 1.54) is 6.42 Å². The number of carbonyl (C=O) groups is 1. The molecule has 4 heteroatoms. The molecule has 0 saturated heterocycles. The quantitative estimate of drug-likeness (QED) is 0.685. The van der Waals surface area contributed by atoms with Crippen LogP contribution in [0.1, 0.15) is 38.2 Å². The Labute approximate surface area is 131 Å². The molecule has 1 aliphatic rings. The zero-order valence-corrected chi connectivity index (χ0v) is 13.1. The first-order chi connectivity index (χ1) is 10.7. The molecule has 4 nitrogen and oxygen atoms in total. The maximum atomic E-state index is 12.3. The minimum absolute atomic E-state index is 0.113. The van der Waals surface area contributed by atoms with E-state index in [0.29, 0.717) is 11.7 Å². The van der Waals surface area contributed by atoms with E-state index in [1.807, 2.05) is 30.3 Å². The highest BCUT2D eigenvalue weighted by Crippen LogP contribution is 2.24. The van der Waals surface area contributed by atoms with Crippen LogP contribution in [0.15, 0.2) is 29.8 Å². The maximum absolute atomic E-state index is 12.3. The molecule has 1 aromatic carbocycles. The Morgan fingerprint density at radius 3 is 2.77 bits per heavy atom. The zero-order chi connectivity index (χ0) is 15.9. The topological polar surface area (TPSA) is 62.1 Å². The van der Waals surface area contributed by atoms with Gasteiger partial charge in [-0.3, -0.25) is 4.79 Å². The Hall–Kier alpha value is -2.28. The number of hydrogen-bond acceptors (Lipinski definition) is 3. The van der Waals surface area contributed by atoms with E-state index in [1.54, 1.807) is 13.2 Å². The van der Waals surface area contributed by atoms with Gasteiger partial charge in [-0.25, -0.2) is 0 Å². The van der Waals surface area contributed by atoms with Crippen LogP contribution in [-0.2, 0) is 4.79 Å². The number of benzene rings is 1. The van der Waals surface area contributed by atoms with Crippen LogP contribution < -0.4 is 10.1 Å². The number of nitrogens with zero attached hydrogens (tertiary/aromatic N) is 1. The molecular weight excluding hydrogens is 276 g/mol. The van der Waals surface area contributed by atoms with Crippen molar-refractivity contribution >= 4 is 12.0 Å².